The van der Waals surface area contributed by atoms with Crippen molar-refractivity contribution in [3.8, 4) is 22.6 Å². The van der Waals surface area contributed by atoms with Crippen LogP contribution in [0.25, 0.3) is 11.1 Å². The fourth-order valence-corrected chi connectivity index (χ4v) is 2.12. The van der Waals surface area contributed by atoms with Crippen molar-refractivity contribution in [2.24, 2.45) is 0 Å². The van der Waals surface area contributed by atoms with E-state index in [2.05, 4.69) is 0 Å². The monoisotopic (exact) mass is 286 g/mol. The maximum Gasteiger partial charge on any atom is 0.188 e. The molecule has 4 nitrogen and oxygen atoms in total. The Balaban J connectivity index is 2.51. The van der Waals surface area contributed by atoms with E-state index in [0.29, 0.717) is 23.7 Å². The standard InChI is InChI=1S/C17H18O4/c1-3-20-17-10-6-8-13(15(17)11-18)14-7-4-5-9-16(14)21-12-19-2/h4-11H,3,12H2,1-2H3. The predicted octanol–water partition coefficient (Wildman–Crippen LogP) is 3.55. The van der Waals surface area contributed by atoms with Crippen LogP contribution in [-0.4, -0.2) is 26.8 Å². The van der Waals surface area contributed by atoms with Crippen LogP contribution in [0.2, 0.25) is 0 Å². The first-order chi connectivity index (χ1) is 10.3. The molecule has 0 heterocycles. The highest BCUT2D eigenvalue weighted by Crippen LogP contribution is 2.35. The normalized spacial score (nSPS) is 10.2. The number of rotatable bonds is 7. The van der Waals surface area contributed by atoms with Gasteiger partial charge >= 0.3 is 0 Å². The lowest BCUT2D eigenvalue weighted by molar-refractivity contribution is 0.0515. The van der Waals surface area contributed by atoms with E-state index in [1.165, 1.54) is 0 Å². The highest BCUT2D eigenvalue weighted by atomic mass is 16.7. The van der Waals surface area contributed by atoms with Gasteiger partial charge in [0.15, 0.2) is 13.1 Å². The van der Waals surface area contributed by atoms with E-state index in [1.807, 2.05) is 43.3 Å². The number of carbonyl (C=O) groups is 1. The number of hydrogen-bond donors (Lipinski definition) is 0. The summed E-state index contributed by atoms with van der Waals surface area (Å²) in [7, 11) is 1.56. The first-order valence-electron chi connectivity index (χ1n) is 6.74. The van der Waals surface area contributed by atoms with Crippen molar-refractivity contribution >= 4 is 6.29 Å². The molecule has 110 valence electrons. The Labute approximate surface area is 124 Å². The van der Waals surface area contributed by atoms with Gasteiger partial charge in [-0.3, -0.25) is 4.79 Å². The summed E-state index contributed by atoms with van der Waals surface area (Å²) in [5, 5.41) is 0. The summed E-state index contributed by atoms with van der Waals surface area (Å²) >= 11 is 0. The molecule has 0 bridgehead atoms. The Hall–Kier alpha value is -2.33. The fraction of sp³-hybridized carbons (Fsp3) is 0.235. The van der Waals surface area contributed by atoms with E-state index >= 15 is 0 Å². The number of methoxy groups -OCH3 is 1. The van der Waals surface area contributed by atoms with Gasteiger partial charge in [-0.25, -0.2) is 0 Å². The Kier molecular flexibility index (Phi) is 5.35. The van der Waals surface area contributed by atoms with Gasteiger partial charge in [-0.15, -0.1) is 0 Å². The van der Waals surface area contributed by atoms with Crippen LogP contribution in [0.3, 0.4) is 0 Å². The molecule has 0 aliphatic carbocycles. The number of benzene rings is 2. The summed E-state index contributed by atoms with van der Waals surface area (Å²) in [6.07, 6.45) is 0.813. The Bertz CT molecular complexity index is 607. The molecule has 0 aromatic heterocycles. The SMILES string of the molecule is CCOc1cccc(-c2ccccc2OCOC)c1C=O. The van der Waals surface area contributed by atoms with Crippen molar-refractivity contribution in [1.82, 2.24) is 0 Å². The van der Waals surface area contributed by atoms with E-state index in [-0.39, 0.29) is 6.79 Å². The highest BCUT2D eigenvalue weighted by molar-refractivity contribution is 5.92. The Morgan fingerprint density at radius 1 is 0.952 bits per heavy atom. The van der Waals surface area contributed by atoms with Gasteiger partial charge in [-0.05, 0) is 24.6 Å². The second kappa shape index (κ2) is 7.45. The molecule has 4 heteroatoms. The van der Waals surface area contributed by atoms with Gasteiger partial charge in [0.05, 0.1) is 12.2 Å². The van der Waals surface area contributed by atoms with Crippen molar-refractivity contribution in [1.29, 1.82) is 0 Å². The molecule has 0 saturated heterocycles. The Morgan fingerprint density at radius 2 is 1.67 bits per heavy atom. The minimum Gasteiger partial charge on any atom is -0.493 e. The minimum absolute atomic E-state index is 0.151. The molecule has 0 aliphatic heterocycles. The van der Waals surface area contributed by atoms with Gasteiger partial charge in [0.25, 0.3) is 0 Å². The van der Waals surface area contributed by atoms with Crippen LogP contribution in [0.1, 0.15) is 17.3 Å². The van der Waals surface area contributed by atoms with Crippen LogP contribution < -0.4 is 9.47 Å². The number of aldehydes is 1. The average Bonchev–Trinajstić information content (AvgIpc) is 2.53. The molecule has 0 saturated carbocycles. The van der Waals surface area contributed by atoms with Gasteiger partial charge in [0.2, 0.25) is 0 Å². The zero-order valence-electron chi connectivity index (χ0n) is 12.2. The van der Waals surface area contributed by atoms with Crippen LogP contribution in [0, 0.1) is 0 Å². The van der Waals surface area contributed by atoms with E-state index in [0.717, 1.165) is 17.4 Å². The zero-order chi connectivity index (χ0) is 15.1. The molecule has 0 amide bonds. The summed E-state index contributed by atoms with van der Waals surface area (Å²) in [4.78, 5) is 11.5. The maximum atomic E-state index is 11.5. The predicted molar refractivity (Wildman–Crippen MR) is 80.9 cm³/mol. The molecule has 0 aliphatic rings. The third-order valence-electron chi connectivity index (χ3n) is 2.99. The van der Waals surface area contributed by atoms with Gasteiger partial charge in [-0.1, -0.05) is 30.3 Å². The van der Waals surface area contributed by atoms with Gasteiger partial charge in [0, 0.05) is 12.7 Å². The lowest BCUT2D eigenvalue weighted by atomic mass is 9.99. The van der Waals surface area contributed by atoms with Crippen molar-refractivity contribution in [2.75, 3.05) is 20.5 Å². The molecule has 0 N–H and O–H groups in total. The van der Waals surface area contributed by atoms with Gasteiger partial charge in [0.1, 0.15) is 11.5 Å². The lowest BCUT2D eigenvalue weighted by Crippen LogP contribution is -2.02. The van der Waals surface area contributed by atoms with Crippen LogP contribution in [0.15, 0.2) is 42.5 Å². The van der Waals surface area contributed by atoms with Crippen molar-refractivity contribution in [3.63, 3.8) is 0 Å². The third-order valence-corrected chi connectivity index (χ3v) is 2.99. The summed E-state index contributed by atoms with van der Waals surface area (Å²) in [6, 6.07) is 13.1. The summed E-state index contributed by atoms with van der Waals surface area (Å²) in [6.45, 7) is 2.54. The molecule has 0 unspecified atom stereocenters. The molecule has 0 radical (unpaired) electrons. The average molecular weight is 286 g/mol. The van der Waals surface area contributed by atoms with Crippen molar-refractivity contribution < 1.29 is 19.0 Å². The minimum atomic E-state index is 0.151. The quantitative estimate of drug-likeness (QED) is 0.577. The molecule has 2 rings (SSSR count). The van der Waals surface area contributed by atoms with E-state index in [9.17, 15) is 4.79 Å². The Morgan fingerprint density at radius 3 is 2.38 bits per heavy atom. The number of hydrogen-bond acceptors (Lipinski definition) is 4. The summed E-state index contributed by atoms with van der Waals surface area (Å²) in [5.74, 6) is 1.24. The second-order valence-corrected chi connectivity index (χ2v) is 4.32. The van der Waals surface area contributed by atoms with E-state index in [1.54, 1.807) is 13.2 Å². The number of para-hydroxylation sites is 1. The summed E-state index contributed by atoms with van der Waals surface area (Å²) in [5.41, 5.74) is 2.13. The smallest absolute Gasteiger partial charge is 0.188 e. The number of ether oxygens (including phenoxy) is 3. The van der Waals surface area contributed by atoms with Crippen LogP contribution >= 0.6 is 0 Å². The fourth-order valence-electron chi connectivity index (χ4n) is 2.12. The largest absolute Gasteiger partial charge is 0.493 e. The highest BCUT2D eigenvalue weighted by Gasteiger charge is 2.14. The van der Waals surface area contributed by atoms with Gasteiger partial charge in [-0.2, -0.15) is 0 Å². The first kappa shape index (κ1) is 15.1. The van der Waals surface area contributed by atoms with Gasteiger partial charge < -0.3 is 14.2 Å². The molecule has 0 fully saturated rings. The lowest BCUT2D eigenvalue weighted by Gasteiger charge is -2.14. The molecule has 2 aromatic rings. The summed E-state index contributed by atoms with van der Waals surface area (Å²) < 4.78 is 16.0. The molecular weight excluding hydrogens is 268 g/mol. The second-order valence-electron chi connectivity index (χ2n) is 4.32. The van der Waals surface area contributed by atoms with Crippen molar-refractivity contribution in [2.45, 2.75) is 6.92 Å². The number of carbonyl (C=O) groups excluding carboxylic acids is 1. The van der Waals surface area contributed by atoms with E-state index in [4.69, 9.17) is 14.2 Å². The first-order valence-corrected chi connectivity index (χ1v) is 6.74. The molecule has 0 spiro atoms. The molecule has 21 heavy (non-hydrogen) atoms. The molecule has 0 atom stereocenters. The topological polar surface area (TPSA) is 44.8 Å². The van der Waals surface area contributed by atoms with Crippen LogP contribution in [0.5, 0.6) is 11.5 Å². The molecular formula is C17H18O4. The van der Waals surface area contributed by atoms with Crippen LogP contribution in [-0.2, 0) is 4.74 Å². The van der Waals surface area contributed by atoms with Crippen LogP contribution in [0.4, 0.5) is 0 Å². The molecule has 2 aromatic carbocycles. The third kappa shape index (κ3) is 3.41. The van der Waals surface area contributed by atoms with Crippen molar-refractivity contribution in [3.05, 3.63) is 48.0 Å². The van der Waals surface area contributed by atoms with E-state index < -0.39 is 0 Å². The maximum absolute atomic E-state index is 11.5. The zero-order valence-corrected chi connectivity index (χ0v) is 12.2.